The number of pyridine rings is 1. The Morgan fingerprint density at radius 1 is 0.558 bits per heavy atom. The average Bonchev–Trinajstić information content (AvgIpc) is 3.73. The van der Waals surface area contributed by atoms with Gasteiger partial charge in [-0.25, -0.2) is 4.98 Å². The van der Waals surface area contributed by atoms with Crippen molar-refractivity contribution >= 4 is 86.3 Å². The molecule has 0 atom stereocenters. The fourth-order valence-corrected chi connectivity index (χ4v) is 8.05. The Hall–Kier alpha value is -5.45. The summed E-state index contributed by atoms with van der Waals surface area (Å²) in [6, 6.07) is 47.6. The summed E-state index contributed by atoms with van der Waals surface area (Å²) in [6.07, 6.45) is 0. The minimum absolute atomic E-state index is 0.911. The summed E-state index contributed by atoms with van der Waals surface area (Å²) in [4.78, 5) is 6.16. The number of thiophene rings is 1. The van der Waals surface area contributed by atoms with E-state index < -0.39 is 0 Å². The molecule has 10 rings (SSSR count). The van der Waals surface area contributed by atoms with Gasteiger partial charge in [0.2, 0.25) is 0 Å². The van der Waals surface area contributed by atoms with Gasteiger partial charge in [0.1, 0.15) is 10.4 Å². The zero-order chi connectivity index (χ0) is 28.1. The van der Waals surface area contributed by atoms with Crippen LogP contribution in [0, 0.1) is 0 Å². The first-order valence-corrected chi connectivity index (χ1v) is 15.3. The minimum atomic E-state index is 0.911. The van der Waals surface area contributed by atoms with Gasteiger partial charge < -0.3 is 8.98 Å². The maximum Gasteiger partial charge on any atom is 0.160 e. The standard InChI is InChI=1S/C39H22N2OS/c1-5-13-31-29(11-1)35(36-30-12-4-8-16-34(30)43-39(36)40-31)23-17-19-24(20-18-23)41-32-14-6-2-9-25(32)27-21-22-28-26-10-3-7-15-33(26)42-38(28)37(27)41/h1-22H. The summed E-state index contributed by atoms with van der Waals surface area (Å²) >= 11 is 1.77. The molecule has 0 spiro atoms. The molecule has 3 nitrogen and oxygen atoms in total. The van der Waals surface area contributed by atoms with Gasteiger partial charge in [0.25, 0.3) is 0 Å². The van der Waals surface area contributed by atoms with E-state index >= 15 is 0 Å². The predicted octanol–water partition coefficient (Wildman–Crippen LogP) is 11.3. The number of benzene rings is 6. The summed E-state index contributed by atoms with van der Waals surface area (Å²) in [5.74, 6) is 0. The molecule has 4 aromatic heterocycles. The smallest absolute Gasteiger partial charge is 0.160 e. The van der Waals surface area contributed by atoms with E-state index in [0.717, 1.165) is 43.5 Å². The van der Waals surface area contributed by atoms with Crippen LogP contribution >= 0.6 is 11.3 Å². The van der Waals surface area contributed by atoms with E-state index in [9.17, 15) is 0 Å². The highest BCUT2D eigenvalue weighted by Crippen LogP contribution is 2.44. The van der Waals surface area contributed by atoms with Crippen LogP contribution < -0.4 is 0 Å². The molecular formula is C39H22N2OS. The van der Waals surface area contributed by atoms with Crippen LogP contribution in [0.25, 0.3) is 91.8 Å². The molecule has 0 unspecified atom stereocenters. The number of aromatic nitrogens is 2. The third kappa shape index (κ3) is 3.16. The second kappa shape index (κ2) is 8.54. The minimum Gasteiger partial charge on any atom is -0.454 e. The molecule has 4 heterocycles. The van der Waals surface area contributed by atoms with Gasteiger partial charge in [-0.1, -0.05) is 91.0 Å². The van der Waals surface area contributed by atoms with Crippen molar-refractivity contribution in [3.8, 4) is 16.8 Å². The topological polar surface area (TPSA) is 31.0 Å². The van der Waals surface area contributed by atoms with E-state index in [-0.39, 0.29) is 0 Å². The molecule has 0 bridgehead atoms. The lowest BCUT2D eigenvalue weighted by Gasteiger charge is -2.12. The first-order chi connectivity index (χ1) is 21.3. The Bertz CT molecular complexity index is 2730. The number of hydrogen-bond donors (Lipinski definition) is 0. The molecule has 10 aromatic rings. The molecule has 43 heavy (non-hydrogen) atoms. The number of nitrogens with zero attached hydrogens (tertiary/aromatic N) is 2. The molecular weight excluding hydrogens is 545 g/mol. The SMILES string of the molecule is c1ccc2c(-c3ccc(-n4c5ccccc5c5ccc6c7ccccc7oc6c54)cc3)c3c(nc2c1)sc1ccccc13. The maximum absolute atomic E-state index is 6.55. The van der Waals surface area contributed by atoms with Gasteiger partial charge in [-0.15, -0.1) is 11.3 Å². The van der Waals surface area contributed by atoms with Crippen LogP contribution in [-0.4, -0.2) is 9.55 Å². The van der Waals surface area contributed by atoms with Gasteiger partial charge in [0, 0.05) is 53.7 Å². The second-order valence-electron chi connectivity index (χ2n) is 11.1. The van der Waals surface area contributed by atoms with Crippen molar-refractivity contribution in [2.45, 2.75) is 0 Å². The number of fused-ring (bicyclic) bond motifs is 11. The zero-order valence-corrected chi connectivity index (χ0v) is 23.7. The average molecular weight is 567 g/mol. The Morgan fingerprint density at radius 2 is 1.26 bits per heavy atom. The Labute approximate surface area is 249 Å². The van der Waals surface area contributed by atoms with Crippen LogP contribution in [0.15, 0.2) is 138 Å². The molecule has 0 aliphatic rings. The van der Waals surface area contributed by atoms with Crippen LogP contribution in [0.4, 0.5) is 0 Å². The summed E-state index contributed by atoms with van der Waals surface area (Å²) in [5, 5.41) is 8.35. The summed E-state index contributed by atoms with van der Waals surface area (Å²) in [5.41, 5.74) is 8.65. The van der Waals surface area contributed by atoms with Crippen molar-refractivity contribution in [2.75, 3.05) is 0 Å². The van der Waals surface area contributed by atoms with Gasteiger partial charge in [-0.05, 0) is 48.0 Å². The van der Waals surface area contributed by atoms with Crippen molar-refractivity contribution in [1.29, 1.82) is 0 Å². The van der Waals surface area contributed by atoms with Crippen LogP contribution in [0.2, 0.25) is 0 Å². The van der Waals surface area contributed by atoms with E-state index in [0.29, 0.717) is 0 Å². The third-order valence-electron chi connectivity index (χ3n) is 8.82. The molecule has 0 saturated heterocycles. The molecule has 0 aliphatic carbocycles. The van der Waals surface area contributed by atoms with Crippen molar-refractivity contribution in [2.24, 2.45) is 0 Å². The maximum atomic E-state index is 6.55. The number of para-hydroxylation sites is 3. The summed E-state index contributed by atoms with van der Waals surface area (Å²) in [7, 11) is 0. The highest BCUT2D eigenvalue weighted by molar-refractivity contribution is 7.25. The van der Waals surface area contributed by atoms with E-state index in [1.807, 2.05) is 6.07 Å². The number of rotatable bonds is 2. The molecule has 0 saturated carbocycles. The van der Waals surface area contributed by atoms with E-state index in [1.54, 1.807) is 11.3 Å². The largest absolute Gasteiger partial charge is 0.454 e. The zero-order valence-electron chi connectivity index (χ0n) is 22.9. The van der Waals surface area contributed by atoms with Gasteiger partial charge >= 0.3 is 0 Å². The van der Waals surface area contributed by atoms with Crippen LogP contribution in [0.1, 0.15) is 0 Å². The number of furan rings is 1. The van der Waals surface area contributed by atoms with Crippen molar-refractivity contribution in [3.63, 3.8) is 0 Å². The van der Waals surface area contributed by atoms with Crippen LogP contribution in [0.5, 0.6) is 0 Å². The lowest BCUT2D eigenvalue weighted by molar-refractivity contribution is 0.671. The van der Waals surface area contributed by atoms with Crippen LogP contribution in [0.3, 0.4) is 0 Å². The van der Waals surface area contributed by atoms with E-state index in [4.69, 9.17) is 9.40 Å². The Kier molecular flexibility index (Phi) is 4.60. The quantitative estimate of drug-likeness (QED) is 0.208. The van der Waals surface area contributed by atoms with Gasteiger partial charge in [0.15, 0.2) is 5.58 Å². The molecule has 0 N–H and O–H groups in total. The van der Waals surface area contributed by atoms with Gasteiger partial charge in [0.05, 0.1) is 16.6 Å². The monoisotopic (exact) mass is 566 g/mol. The fraction of sp³-hybridized carbons (Fsp3) is 0. The molecule has 0 fully saturated rings. The molecule has 6 aromatic carbocycles. The lowest BCUT2D eigenvalue weighted by atomic mass is 9.96. The summed E-state index contributed by atoms with van der Waals surface area (Å²) in [6.45, 7) is 0. The normalized spacial score (nSPS) is 12.2. The highest BCUT2D eigenvalue weighted by Gasteiger charge is 2.20. The first-order valence-electron chi connectivity index (χ1n) is 14.5. The van der Waals surface area contributed by atoms with Crippen molar-refractivity contribution in [1.82, 2.24) is 9.55 Å². The fourth-order valence-electron chi connectivity index (χ4n) is 6.96. The molecule has 4 heteroatoms. The molecule has 0 radical (unpaired) electrons. The third-order valence-corrected chi connectivity index (χ3v) is 9.88. The van der Waals surface area contributed by atoms with Crippen LogP contribution in [-0.2, 0) is 0 Å². The molecule has 200 valence electrons. The second-order valence-corrected chi connectivity index (χ2v) is 12.1. The van der Waals surface area contributed by atoms with Gasteiger partial charge in [-0.2, -0.15) is 0 Å². The van der Waals surface area contributed by atoms with Crippen molar-refractivity contribution < 1.29 is 4.42 Å². The van der Waals surface area contributed by atoms with E-state index in [1.165, 1.54) is 48.3 Å². The van der Waals surface area contributed by atoms with Gasteiger partial charge in [-0.3, -0.25) is 0 Å². The summed E-state index contributed by atoms with van der Waals surface area (Å²) < 4.78 is 10.2. The molecule has 0 amide bonds. The predicted molar refractivity (Wildman–Crippen MR) is 182 cm³/mol. The Morgan fingerprint density at radius 3 is 2.14 bits per heavy atom. The number of hydrogen-bond acceptors (Lipinski definition) is 3. The Balaban J connectivity index is 1.27. The highest BCUT2D eigenvalue weighted by atomic mass is 32.1. The lowest BCUT2D eigenvalue weighted by Crippen LogP contribution is -1.94. The van der Waals surface area contributed by atoms with E-state index in [2.05, 4.69) is 132 Å². The first kappa shape index (κ1) is 23.1. The molecule has 0 aliphatic heterocycles. The van der Waals surface area contributed by atoms with Crippen molar-refractivity contribution in [3.05, 3.63) is 133 Å².